The van der Waals surface area contributed by atoms with Crippen LogP contribution in [0.5, 0.6) is 5.75 Å². The molecule has 24 heavy (non-hydrogen) atoms. The first-order chi connectivity index (χ1) is 11.6. The molecule has 0 aliphatic carbocycles. The van der Waals surface area contributed by atoms with Crippen molar-refractivity contribution >= 4 is 17.9 Å². The highest BCUT2D eigenvalue weighted by Crippen LogP contribution is 2.22. The van der Waals surface area contributed by atoms with Crippen LogP contribution in [0.3, 0.4) is 0 Å². The molecule has 0 radical (unpaired) electrons. The molecule has 0 unspecified atom stereocenters. The Hall–Kier alpha value is -3.02. The van der Waals surface area contributed by atoms with Gasteiger partial charge in [-0.2, -0.15) is 0 Å². The van der Waals surface area contributed by atoms with Gasteiger partial charge in [-0.25, -0.2) is 18.6 Å². The van der Waals surface area contributed by atoms with E-state index in [0.29, 0.717) is 18.4 Å². The van der Waals surface area contributed by atoms with Crippen molar-refractivity contribution in [2.24, 2.45) is 4.99 Å². The number of hydrogen-bond donors (Lipinski definition) is 0. The van der Waals surface area contributed by atoms with E-state index in [1.165, 1.54) is 12.1 Å². The van der Waals surface area contributed by atoms with E-state index >= 15 is 0 Å². The van der Waals surface area contributed by atoms with E-state index in [1.807, 2.05) is 6.92 Å². The number of ether oxygens (including phenoxy) is 2. The number of carbonyl (C=O) groups excluding carboxylic acids is 1. The highest BCUT2D eigenvalue weighted by molar-refractivity contribution is 6.12. The van der Waals surface area contributed by atoms with Gasteiger partial charge in [0.15, 0.2) is 5.70 Å². The summed E-state index contributed by atoms with van der Waals surface area (Å²) in [4.78, 5) is 15.9. The third-order valence-electron chi connectivity index (χ3n) is 3.28. The molecule has 1 aliphatic heterocycles. The summed E-state index contributed by atoms with van der Waals surface area (Å²) >= 11 is 0. The van der Waals surface area contributed by atoms with Crippen molar-refractivity contribution in [2.75, 3.05) is 6.61 Å². The molecule has 122 valence electrons. The number of halogens is 2. The minimum absolute atomic E-state index is 0.0397. The maximum absolute atomic E-state index is 13.8. The first kappa shape index (κ1) is 15.9. The zero-order chi connectivity index (χ0) is 17.1. The molecule has 1 aliphatic rings. The molecule has 0 saturated heterocycles. The fraction of sp³-hybridized carbons (Fsp3) is 0.111. The lowest BCUT2D eigenvalue weighted by molar-refractivity contribution is -0.129. The van der Waals surface area contributed by atoms with Crippen molar-refractivity contribution in [2.45, 2.75) is 6.92 Å². The molecule has 1 heterocycles. The summed E-state index contributed by atoms with van der Waals surface area (Å²) in [5, 5.41) is 0. The number of nitrogens with zero attached hydrogens (tertiary/aromatic N) is 1. The summed E-state index contributed by atoms with van der Waals surface area (Å²) < 4.78 is 37.0. The Morgan fingerprint density at radius 1 is 1.17 bits per heavy atom. The van der Waals surface area contributed by atoms with Gasteiger partial charge in [-0.3, -0.25) is 0 Å². The molecular formula is C18H13F2NO3. The van der Waals surface area contributed by atoms with Gasteiger partial charge >= 0.3 is 5.97 Å². The van der Waals surface area contributed by atoms with E-state index in [9.17, 15) is 13.6 Å². The third kappa shape index (κ3) is 3.32. The molecule has 6 heteroatoms. The van der Waals surface area contributed by atoms with Crippen LogP contribution >= 0.6 is 0 Å². The van der Waals surface area contributed by atoms with E-state index < -0.39 is 17.6 Å². The molecular weight excluding hydrogens is 316 g/mol. The predicted octanol–water partition coefficient (Wildman–Crippen LogP) is 3.71. The minimum Gasteiger partial charge on any atom is -0.494 e. The average molecular weight is 329 g/mol. The Morgan fingerprint density at radius 3 is 2.58 bits per heavy atom. The highest BCUT2D eigenvalue weighted by Gasteiger charge is 2.26. The summed E-state index contributed by atoms with van der Waals surface area (Å²) in [7, 11) is 0. The molecule has 3 rings (SSSR count). The number of carbonyl (C=O) groups is 1. The zero-order valence-electron chi connectivity index (χ0n) is 12.8. The zero-order valence-corrected chi connectivity index (χ0v) is 12.8. The lowest BCUT2D eigenvalue weighted by Gasteiger charge is -2.02. The molecule has 0 fully saturated rings. The van der Waals surface area contributed by atoms with E-state index in [-0.39, 0.29) is 17.2 Å². The quantitative estimate of drug-likeness (QED) is 0.635. The van der Waals surface area contributed by atoms with Crippen LogP contribution in [-0.4, -0.2) is 18.5 Å². The topological polar surface area (TPSA) is 47.9 Å². The molecule has 0 aromatic heterocycles. The SMILES string of the molecule is CCOc1ccc(/C=C2/N=C(c3ccc(F)cc3F)OC2=O)cc1. The van der Waals surface area contributed by atoms with Crippen molar-refractivity contribution in [1.29, 1.82) is 0 Å². The van der Waals surface area contributed by atoms with E-state index in [2.05, 4.69) is 4.99 Å². The van der Waals surface area contributed by atoms with Crippen LogP contribution < -0.4 is 4.74 Å². The maximum Gasteiger partial charge on any atom is 0.363 e. The lowest BCUT2D eigenvalue weighted by Crippen LogP contribution is -2.07. The van der Waals surface area contributed by atoms with Crippen LogP contribution in [0.4, 0.5) is 8.78 Å². The monoisotopic (exact) mass is 329 g/mol. The van der Waals surface area contributed by atoms with Crippen molar-refractivity contribution in [3.05, 3.63) is 70.9 Å². The number of aliphatic imine (C=N–C) groups is 1. The first-order valence-corrected chi connectivity index (χ1v) is 7.27. The smallest absolute Gasteiger partial charge is 0.363 e. The van der Waals surface area contributed by atoms with Gasteiger partial charge < -0.3 is 9.47 Å². The number of rotatable bonds is 4. The van der Waals surface area contributed by atoms with Crippen LogP contribution in [-0.2, 0) is 9.53 Å². The minimum atomic E-state index is -0.844. The normalized spacial score (nSPS) is 15.4. The first-order valence-electron chi connectivity index (χ1n) is 7.27. The van der Waals surface area contributed by atoms with Crippen molar-refractivity contribution in [1.82, 2.24) is 0 Å². The average Bonchev–Trinajstić information content (AvgIpc) is 2.90. The summed E-state index contributed by atoms with van der Waals surface area (Å²) in [6.45, 7) is 2.44. The van der Waals surface area contributed by atoms with Gasteiger partial charge in [0.25, 0.3) is 0 Å². The Balaban J connectivity index is 1.88. The van der Waals surface area contributed by atoms with Crippen molar-refractivity contribution < 1.29 is 23.0 Å². The van der Waals surface area contributed by atoms with Crippen LogP contribution in [0.2, 0.25) is 0 Å². The van der Waals surface area contributed by atoms with Crippen LogP contribution in [0.25, 0.3) is 6.08 Å². The van der Waals surface area contributed by atoms with E-state index in [4.69, 9.17) is 9.47 Å². The summed E-state index contributed by atoms with van der Waals surface area (Å²) in [5.74, 6) is -1.72. The second kappa shape index (κ2) is 6.62. The van der Waals surface area contributed by atoms with Crippen LogP contribution in [0.15, 0.2) is 53.2 Å². The Morgan fingerprint density at radius 2 is 1.92 bits per heavy atom. The number of esters is 1. The standard InChI is InChI=1S/C18H13F2NO3/c1-2-23-13-6-3-11(4-7-13)9-16-18(22)24-17(21-16)14-8-5-12(19)10-15(14)20/h3-10H,2H2,1H3/b16-9+. The largest absolute Gasteiger partial charge is 0.494 e. The second-order valence-electron chi connectivity index (χ2n) is 4.96. The van der Waals surface area contributed by atoms with Gasteiger partial charge in [0, 0.05) is 6.07 Å². The molecule has 0 N–H and O–H groups in total. The third-order valence-corrected chi connectivity index (χ3v) is 3.28. The summed E-state index contributed by atoms with van der Waals surface area (Å²) in [6, 6.07) is 10.0. The Labute approximate surface area is 137 Å². The van der Waals surface area contributed by atoms with Gasteiger partial charge in [-0.05, 0) is 42.8 Å². The number of benzene rings is 2. The molecule has 4 nitrogen and oxygen atoms in total. The van der Waals surface area contributed by atoms with Gasteiger partial charge in [0.05, 0.1) is 12.2 Å². The van der Waals surface area contributed by atoms with Crippen LogP contribution in [0, 0.1) is 11.6 Å². The van der Waals surface area contributed by atoms with E-state index in [1.54, 1.807) is 24.3 Å². The molecule has 0 atom stereocenters. The number of cyclic esters (lactones) is 1. The lowest BCUT2D eigenvalue weighted by atomic mass is 10.2. The predicted molar refractivity (Wildman–Crippen MR) is 84.6 cm³/mol. The fourth-order valence-electron chi connectivity index (χ4n) is 2.17. The molecule has 0 amide bonds. The molecule has 2 aromatic rings. The van der Waals surface area contributed by atoms with Crippen molar-refractivity contribution in [3.8, 4) is 5.75 Å². The van der Waals surface area contributed by atoms with Gasteiger partial charge in [-0.1, -0.05) is 12.1 Å². The molecule has 0 bridgehead atoms. The highest BCUT2D eigenvalue weighted by atomic mass is 19.1. The van der Waals surface area contributed by atoms with Crippen molar-refractivity contribution in [3.63, 3.8) is 0 Å². The van der Waals surface area contributed by atoms with Gasteiger partial charge in [-0.15, -0.1) is 0 Å². The van der Waals surface area contributed by atoms with Crippen LogP contribution in [0.1, 0.15) is 18.1 Å². The Kier molecular flexibility index (Phi) is 4.37. The summed E-state index contributed by atoms with van der Waals surface area (Å²) in [6.07, 6.45) is 1.52. The maximum atomic E-state index is 13.8. The second-order valence-corrected chi connectivity index (χ2v) is 4.96. The summed E-state index contributed by atoms with van der Waals surface area (Å²) in [5.41, 5.74) is 0.688. The fourth-order valence-corrected chi connectivity index (χ4v) is 2.17. The van der Waals surface area contributed by atoms with Gasteiger partial charge in [0.2, 0.25) is 5.90 Å². The molecule has 2 aromatic carbocycles. The van der Waals surface area contributed by atoms with Gasteiger partial charge in [0.1, 0.15) is 17.4 Å². The molecule has 0 spiro atoms. The Bertz CT molecular complexity index is 842. The van der Waals surface area contributed by atoms with E-state index in [0.717, 1.165) is 11.6 Å². The molecule has 0 saturated carbocycles. The number of hydrogen-bond acceptors (Lipinski definition) is 4.